The Balaban J connectivity index is 1.57. The third kappa shape index (κ3) is 4.54. The fourth-order valence-corrected chi connectivity index (χ4v) is 3.63. The minimum absolute atomic E-state index is 0.125. The molecule has 32 heavy (non-hydrogen) atoms. The Labute approximate surface area is 187 Å². The SMILES string of the molecule is Cc1nc2cc(C(=O)NCc3ccc(N(C)C)cc3)ccc2n(Cc2ccccc2)c1=O. The molecule has 6 heteroatoms. The second-order valence-electron chi connectivity index (χ2n) is 8.02. The van der Waals surface area contributed by atoms with Crippen molar-refractivity contribution in [2.24, 2.45) is 0 Å². The summed E-state index contributed by atoms with van der Waals surface area (Å²) in [5, 5.41) is 2.96. The van der Waals surface area contributed by atoms with Crippen LogP contribution in [0.3, 0.4) is 0 Å². The average Bonchev–Trinajstić information content (AvgIpc) is 2.81. The van der Waals surface area contributed by atoms with Gasteiger partial charge < -0.3 is 14.8 Å². The Bertz CT molecular complexity index is 1310. The van der Waals surface area contributed by atoms with Crippen molar-refractivity contribution in [3.8, 4) is 0 Å². The van der Waals surface area contributed by atoms with Crippen molar-refractivity contribution >= 4 is 22.6 Å². The monoisotopic (exact) mass is 426 g/mol. The van der Waals surface area contributed by atoms with Gasteiger partial charge in [0.05, 0.1) is 17.6 Å². The van der Waals surface area contributed by atoms with Gasteiger partial charge in [0.1, 0.15) is 5.69 Å². The van der Waals surface area contributed by atoms with Crippen LogP contribution in [0.4, 0.5) is 5.69 Å². The lowest BCUT2D eigenvalue weighted by molar-refractivity contribution is 0.0951. The van der Waals surface area contributed by atoms with Crippen molar-refractivity contribution in [3.05, 3.63) is 106 Å². The van der Waals surface area contributed by atoms with E-state index in [0.717, 1.165) is 16.8 Å². The molecule has 6 nitrogen and oxygen atoms in total. The number of carbonyl (C=O) groups excluding carboxylic acids is 1. The zero-order chi connectivity index (χ0) is 22.7. The third-order valence-electron chi connectivity index (χ3n) is 5.46. The first-order valence-electron chi connectivity index (χ1n) is 10.5. The number of fused-ring (bicyclic) bond motifs is 1. The number of aryl methyl sites for hydroxylation is 1. The van der Waals surface area contributed by atoms with E-state index in [1.54, 1.807) is 29.7 Å². The number of rotatable bonds is 6. The Morgan fingerprint density at radius 3 is 2.38 bits per heavy atom. The highest BCUT2D eigenvalue weighted by Gasteiger charge is 2.12. The van der Waals surface area contributed by atoms with Gasteiger partial charge in [0, 0.05) is 31.9 Å². The normalized spacial score (nSPS) is 10.8. The van der Waals surface area contributed by atoms with Gasteiger partial charge in [-0.15, -0.1) is 0 Å². The predicted molar refractivity (Wildman–Crippen MR) is 128 cm³/mol. The van der Waals surface area contributed by atoms with E-state index in [-0.39, 0.29) is 11.5 Å². The summed E-state index contributed by atoms with van der Waals surface area (Å²) in [5.74, 6) is -0.177. The van der Waals surface area contributed by atoms with Crippen LogP contribution in [-0.4, -0.2) is 29.6 Å². The summed E-state index contributed by atoms with van der Waals surface area (Å²) >= 11 is 0. The summed E-state index contributed by atoms with van der Waals surface area (Å²) < 4.78 is 1.71. The van der Waals surface area contributed by atoms with E-state index in [1.165, 1.54) is 0 Å². The predicted octanol–water partition coefficient (Wildman–Crippen LogP) is 3.75. The molecule has 0 unspecified atom stereocenters. The van der Waals surface area contributed by atoms with Gasteiger partial charge in [0.25, 0.3) is 11.5 Å². The Hall–Kier alpha value is -3.93. The minimum Gasteiger partial charge on any atom is -0.378 e. The van der Waals surface area contributed by atoms with Crippen molar-refractivity contribution in [2.75, 3.05) is 19.0 Å². The molecule has 1 aromatic heterocycles. The van der Waals surface area contributed by atoms with Crippen molar-refractivity contribution in [2.45, 2.75) is 20.0 Å². The largest absolute Gasteiger partial charge is 0.378 e. The topological polar surface area (TPSA) is 67.2 Å². The lowest BCUT2D eigenvalue weighted by atomic mass is 10.1. The zero-order valence-corrected chi connectivity index (χ0v) is 18.5. The van der Waals surface area contributed by atoms with E-state index < -0.39 is 0 Å². The number of anilines is 1. The van der Waals surface area contributed by atoms with Crippen LogP contribution in [0.1, 0.15) is 27.2 Å². The molecule has 0 saturated heterocycles. The van der Waals surface area contributed by atoms with Crippen LogP contribution in [0.15, 0.2) is 77.6 Å². The molecule has 1 amide bonds. The molecule has 0 atom stereocenters. The van der Waals surface area contributed by atoms with Gasteiger partial charge in [-0.3, -0.25) is 9.59 Å². The molecular formula is C26H26N4O2. The Morgan fingerprint density at radius 1 is 0.969 bits per heavy atom. The minimum atomic E-state index is -0.177. The maximum Gasteiger partial charge on any atom is 0.272 e. The third-order valence-corrected chi connectivity index (χ3v) is 5.46. The van der Waals surface area contributed by atoms with E-state index in [1.807, 2.05) is 73.6 Å². The molecule has 0 aliphatic heterocycles. The second kappa shape index (κ2) is 9.06. The molecule has 0 fully saturated rings. The summed E-state index contributed by atoms with van der Waals surface area (Å²) in [5.41, 5.74) is 5.30. The number of hydrogen-bond donors (Lipinski definition) is 1. The molecule has 0 bridgehead atoms. The van der Waals surface area contributed by atoms with Gasteiger partial charge in [-0.05, 0) is 48.4 Å². The number of nitrogens with zero attached hydrogens (tertiary/aromatic N) is 3. The molecule has 0 aliphatic rings. The molecule has 4 rings (SSSR count). The molecule has 3 aromatic carbocycles. The first kappa shape index (κ1) is 21.3. The van der Waals surface area contributed by atoms with E-state index in [9.17, 15) is 9.59 Å². The first-order valence-corrected chi connectivity index (χ1v) is 10.5. The smallest absolute Gasteiger partial charge is 0.272 e. The fourth-order valence-electron chi connectivity index (χ4n) is 3.63. The van der Waals surface area contributed by atoms with Crippen LogP contribution < -0.4 is 15.8 Å². The summed E-state index contributed by atoms with van der Waals surface area (Å²) in [4.78, 5) is 32.0. The molecule has 0 saturated carbocycles. The molecule has 162 valence electrons. The molecule has 4 aromatic rings. The molecule has 0 spiro atoms. The standard InChI is InChI=1S/C26H26N4O2/c1-18-26(32)30(17-20-7-5-4-6-8-20)24-14-11-21(15-23(24)28-18)25(31)27-16-19-9-12-22(13-10-19)29(2)3/h4-15H,16-17H2,1-3H3,(H,27,31). The number of aromatic nitrogens is 2. The van der Waals surface area contributed by atoms with Gasteiger partial charge in [0.2, 0.25) is 0 Å². The Kier molecular flexibility index (Phi) is 6.03. The summed E-state index contributed by atoms with van der Waals surface area (Å²) in [6, 6.07) is 23.2. The van der Waals surface area contributed by atoms with Crippen LogP contribution in [-0.2, 0) is 13.1 Å². The average molecular weight is 427 g/mol. The van der Waals surface area contributed by atoms with E-state index in [4.69, 9.17) is 0 Å². The van der Waals surface area contributed by atoms with Crippen LogP contribution in [0, 0.1) is 6.92 Å². The Morgan fingerprint density at radius 2 is 1.69 bits per heavy atom. The fraction of sp³-hybridized carbons (Fsp3) is 0.192. The highest BCUT2D eigenvalue weighted by atomic mass is 16.1. The number of hydrogen-bond acceptors (Lipinski definition) is 4. The summed E-state index contributed by atoms with van der Waals surface area (Å²) in [6.45, 7) is 2.59. The van der Waals surface area contributed by atoms with Crippen molar-refractivity contribution in [3.63, 3.8) is 0 Å². The summed E-state index contributed by atoms with van der Waals surface area (Å²) in [6.07, 6.45) is 0. The van der Waals surface area contributed by atoms with Gasteiger partial charge in [-0.1, -0.05) is 42.5 Å². The molecular weight excluding hydrogens is 400 g/mol. The second-order valence-corrected chi connectivity index (χ2v) is 8.02. The van der Waals surface area contributed by atoms with Gasteiger partial charge >= 0.3 is 0 Å². The van der Waals surface area contributed by atoms with Gasteiger partial charge in [0.15, 0.2) is 0 Å². The number of benzene rings is 3. The van der Waals surface area contributed by atoms with Crippen LogP contribution in [0.25, 0.3) is 11.0 Å². The van der Waals surface area contributed by atoms with Crippen molar-refractivity contribution < 1.29 is 4.79 Å². The number of nitrogens with one attached hydrogen (secondary N) is 1. The van der Waals surface area contributed by atoms with Crippen molar-refractivity contribution in [1.29, 1.82) is 0 Å². The zero-order valence-electron chi connectivity index (χ0n) is 18.5. The maximum absolute atomic E-state index is 12.7. The first-order chi connectivity index (χ1) is 15.4. The van der Waals surface area contributed by atoms with Crippen LogP contribution in [0.2, 0.25) is 0 Å². The van der Waals surface area contributed by atoms with Crippen molar-refractivity contribution in [1.82, 2.24) is 14.9 Å². The number of amides is 1. The van der Waals surface area contributed by atoms with Crippen LogP contribution in [0.5, 0.6) is 0 Å². The quantitative estimate of drug-likeness (QED) is 0.510. The highest BCUT2D eigenvalue weighted by Crippen LogP contribution is 2.16. The molecule has 1 heterocycles. The van der Waals surface area contributed by atoms with Gasteiger partial charge in [-0.2, -0.15) is 0 Å². The van der Waals surface area contributed by atoms with E-state index in [0.29, 0.717) is 35.4 Å². The lowest BCUT2D eigenvalue weighted by Crippen LogP contribution is -2.25. The highest BCUT2D eigenvalue weighted by molar-refractivity contribution is 5.97. The maximum atomic E-state index is 12.7. The lowest BCUT2D eigenvalue weighted by Gasteiger charge is -2.13. The van der Waals surface area contributed by atoms with Crippen LogP contribution >= 0.6 is 0 Å². The van der Waals surface area contributed by atoms with Gasteiger partial charge in [-0.25, -0.2) is 4.98 Å². The van der Waals surface area contributed by atoms with E-state index in [2.05, 4.69) is 10.3 Å². The van der Waals surface area contributed by atoms with E-state index >= 15 is 0 Å². The molecule has 1 N–H and O–H groups in total. The molecule has 0 radical (unpaired) electrons. The molecule has 0 aliphatic carbocycles. The number of carbonyl (C=O) groups is 1. The summed E-state index contributed by atoms with van der Waals surface area (Å²) in [7, 11) is 3.98.